The van der Waals surface area contributed by atoms with E-state index in [9.17, 15) is 0 Å². The topological polar surface area (TPSA) is 21.3 Å². The van der Waals surface area contributed by atoms with Gasteiger partial charge in [-0.05, 0) is 41.8 Å². The summed E-state index contributed by atoms with van der Waals surface area (Å²) in [7, 11) is 0. The monoisotopic (exact) mass is 387 g/mol. The van der Waals surface area contributed by atoms with Crippen molar-refractivity contribution in [3.8, 4) is 5.75 Å². The van der Waals surface area contributed by atoms with Crippen molar-refractivity contribution in [2.75, 3.05) is 13.2 Å². The first-order valence-electron chi connectivity index (χ1n) is 6.93. The van der Waals surface area contributed by atoms with E-state index in [1.807, 2.05) is 24.3 Å². The number of halogens is 2. The Morgan fingerprint density at radius 2 is 2.10 bits per heavy atom. The molecular weight excluding hydrogens is 370 g/mol. The normalized spacial score (nSPS) is 11.1. The van der Waals surface area contributed by atoms with Crippen LogP contribution in [0.15, 0.2) is 34.8 Å². The number of benzene rings is 1. The van der Waals surface area contributed by atoms with Gasteiger partial charge in [0.2, 0.25) is 0 Å². The van der Waals surface area contributed by atoms with Crippen molar-refractivity contribution in [1.29, 1.82) is 0 Å². The molecule has 0 amide bonds. The van der Waals surface area contributed by atoms with Gasteiger partial charge in [0, 0.05) is 22.4 Å². The van der Waals surface area contributed by atoms with Crippen molar-refractivity contribution in [3.63, 3.8) is 0 Å². The van der Waals surface area contributed by atoms with Gasteiger partial charge in [0.25, 0.3) is 0 Å². The maximum atomic E-state index is 5.90. The van der Waals surface area contributed by atoms with Gasteiger partial charge in [-0.1, -0.05) is 41.4 Å². The average molecular weight is 389 g/mol. The molecule has 2 aromatic rings. The number of thiophene rings is 1. The molecule has 2 nitrogen and oxygen atoms in total. The fourth-order valence-corrected chi connectivity index (χ4v) is 3.43. The zero-order chi connectivity index (χ0) is 15.2. The van der Waals surface area contributed by atoms with E-state index in [1.54, 1.807) is 11.3 Å². The molecule has 1 aromatic carbocycles. The number of hydrogen-bond acceptors (Lipinski definition) is 3. The van der Waals surface area contributed by atoms with Crippen molar-refractivity contribution in [3.05, 3.63) is 49.6 Å². The van der Waals surface area contributed by atoms with Crippen LogP contribution in [0.5, 0.6) is 5.75 Å². The molecule has 1 aromatic heterocycles. The second-order valence-corrected chi connectivity index (χ2v) is 7.78. The van der Waals surface area contributed by atoms with Gasteiger partial charge >= 0.3 is 0 Å². The van der Waals surface area contributed by atoms with Crippen LogP contribution in [0.1, 0.15) is 30.2 Å². The lowest BCUT2D eigenvalue weighted by atomic mass is 10.0. The maximum absolute atomic E-state index is 5.90. The quantitative estimate of drug-likeness (QED) is 0.636. The van der Waals surface area contributed by atoms with E-state index in [2.05, 4.69) is 41.2 Å². The van der Waals surface area contributed by atoms with Crippen LogP contribution in [-0.4, -0.2) is 13.2 Å². The minimum atomic E-state index is 0.443. The largest absolute Gasteiger partial charge is 0.492 e. The first-order chi connectivity index (χ1) is 10.1. The molecule has 5 heteroatoms. The van der Waals surface area contributed by atoms with Gasteiger partial charge in [-0.3, -0.25) is 0 Å². The summed E-state index contributed by atoms with van der Waals surface area (Å²) in [6.07, 6.45) is 0. The lowest BCUT2D eigenvalue weighted by molar-refractivity contribution is 0.309. The highest BCUT2D eigenvalue weighted by atomic mass is 79.9. The van der Waals surface area contributed by atoms with Crippen molar-refractivity contribution >= 4 is 38.9 Å². The summed E-state index contributed by atoms with van der Waals surface area (Å²) in [4.78, 5) is 1.24. The zero-order valence-electron chi connectivity index (χ0n) is 12.2. The van der Waals surface area contributed by atoms with Crippen LogP contribution >= 0.6 is 38.9 Å². The Bertz CT molecular complexity index is 585. The van der Waals surface area contributed by atoms with Crippen molar-refractivity contribution in [2.24, 2.45) is 0 Å². The summed E-state index contributed by atoms with van der Waals surface area (Å²) in [6.45, 7) is 6.64. The Balaban J connectivity index is 1.78. The van der Waals surface area contributed by atoms with Crippen LogP contribution in [0, 0.1) is 0 Å². The SMILES string of the molecule is CC(C)c1cc(Br)ccc1OCCNCc1ccc(Cl)s1. The van der Waals surface area contributed by atoms with Crippen molar-refractivity contribution in [2.45, 2.75) is 26.3 Å². The summed E-state index contributed by atoms with van der Waals surface area (Å²) < 4.78 is 7.81. The standard InChI is InChI=1S/C16H19BrClNOS/c1-11(2)14-9-12(17)3-5-15(14)20-8-7-19-10-13-4-6-16(18)21-13/h3-6,9,11,19H,7-8,10H2,1-2H3. The molecule has 2 rings (SSSR count). The van der Waals surface area contributed by atoms with E-state index < -0.39 is 0 Å². The van der Waals surface area contributed by atoms with Gasteiger partial charge in [-0.15, -0.1) is 11.3 Å². The average Bonchev–Trinajstić information content (AvgIpc) is 2.85. The van der Waals surface area contributed by atoms with Gasteiger partial charge in [0.15, 0.2) is 0 Å². The molecule has 21 heavy (non-hydrogen) atoms. The van der Waals surface area contributed by atoms with Crippen molar-refractivity contribution in [1.82, 2.24) is 5.32 Å². The van der Waals surface area contributed by atoms with Gasteiger partial charge in [0.05, 0.1) is 4.34 Å². The van der Waals surface area contributed by atoms with Gasteiger partial charge < -0.3 is 10.1 Å². The minimum absolute atomic E-state index is 0.443. The molecule has 0 aliphatic rings. The lowest BCUT2D eigenvalue weighted by Gasteiger charge is -2.14. The highest BCUT2D eigenvalue weighted by Crippen LogP contribution is 2.29. The lowest BCUT2D eigenvalue weighted by Crippen LogP contribution is -2.20. The summed E-state index contributed by atoms with van der Waals surface area (Å²) in [5.74, 6) is 1.41. The second-order valence-electron chi connectivity index (χ2n) is 5.07. The predicted octanol–water partition coefficient (Wildman–Crippen LogP) is 5.46. The Morgan fingerprint density at radius 1 is 1.29 bits per heavy atom. The molecule has 0 atom stereocenters. The summed E-state index contributed by atoms with van der Waals surface area (Å²) in [6, 6.07) is 10.1. The Hall–Kier alpha value is -0.550. The molecule has 0 spiro atoms. The molecule has 0 aliphatic heterocycles. The van der Waals surface area contributed by atoms with Crippen LogP contribution in [0.3, 0.4) is 0 Å². The molecule has 1 heterocycles. The summed E-state index contributed by atoms with van der Waals surface area (Å²) in [5, 5.41) is 3.36. The van der Waals surface area contributed by atoms with E-state index in [1.165, 1.54) is 10.4 Å². The van der Waals surface area contributed by atoms with E-state index in [0.717, 1.165) is 27.6 Å². The number of nitrogens with one attached hydrogen (secondary N) is 1. The third-order valence-corrected chi connectivity index (χ3v) is 4.78. The Morgan fingerprint density at radius 3 is 2.76 bits per heavy atom. The van der Waals surface area contributed by atoms with Crippen molar-refractivity contribution < 1.29 is 4.74 Å². The fraction of sp³-hybridized carbons (Fsp3) is 0.375. The Kier molecular flexibility index (Phi) is 6.55. The third kappa shape index (κ3) is 5.29. The Labute approximate surface area is 143 Å². The predicted molar refractivity (Wildman–Crippen MR) is 94.8 cm³/mol. The molecule has 0 unspecified atom stereocenters. The third-order valence-electron chi connectivity index (χ3n) is 3.06. The molecular formula is C16H19BrClNOS. The first-order valence-corrected chi connectivity index (χ1v) is 8.92. The molecule has 0 fully saturated rings. The molecule has 0 bridgehead atoms. The van der Waals surface area contributed by atoms with E-state index in [4.69, 9.17) is 16.3 Å². The maximum Gasteiger partial charge on any atom is 0.122 e. The van der Waals surface area contributed by atoms with E-state index >= 15 is 0 Å². The summed E-state index contributed by atoms with van der Waals surface area (Å²) >= 11 is 11.0. The number of hydrogen-bond donors (Lipinski definition) is 1. The van der Waals surface area contributed by atoms with Crippen LogP contribution in [0.25, 0.3) is 0 Å². The summed E-state index contributed by atoms with van der Waals surface area (Å²) in [5.41, 5.74) is 1.23. The highest BCUT2D eigenvalue weighted by molar-refractivity contribution is 9.10. The number of ether oxygens (including phenoxy) is 1. The highest BCUT2D eigenvalue weighted by Gasteiger charge is 2.08. The molecule has 0 saturated heterocycles. The van der Waals surface area contributed by atoms with Gasteiger partial charge in [0.1, 0.15) is 12.4 Å². The minimum Gasteiger partial charge on any atom is -0.492 e. The van der Waals surface area contributed by atoms with Crippen LogP contribution in [-0.2, 0) is 6.54 Å². The molecule has 0 saturated carbocycles. The van der Waals surface area contributed by atoms with E-state index in [-0.39, 0.29) is 0 Å². The van der Waals surface area contributed by atoms with Gasteiger partial charge in [-0.25, -0.2) is 0 Å². The van der Waals surface area contributed by atoms with Crippen LogP contribution < -0.4 is 10.1 Å². The smallest absolute Gasteiger partial charge is 0.122 e. The van der Waals surface area contributed by atoms with Crippen LogP contribution in [0.2, 0.25) is 4.34 Å². The second kappa shape index (κ2) is 8.18. The fourth-order valence-electron chi connectivity index (χ4n) is 1.99. The molecule has 0 radical (unpaired) electrons. The molecule has 1 N–H and O–H groups in total. The molecule has 0 aliphatic carbocycles. The molecule has 114 valence electrons. The first kappa shape index (κ1) is 16.8. The van der Waals surface area contributed by atoms with E-state index in [0.29, 0.717) is 12.5 Å². The van der Waals surface area contributed by atoms with Gasteiger partial charge in [-0.2, -0.15) is 0 Å². The van der Waals surface area contributed by atoms with Crippen LogP contribution in [0.4, 0.5) is 0 Å². The zero-order valence-corrected chi connectivity index (χ0v) is 15.3. The number of rotatable bonds is 7.